The summed E-state index contributed by atoms with van der Waals surface area (Å²) >= 11 is 0. The molecular weight excluding hydrogens is 284 g/mol. The number of nitro groups is 1. The zero-order valence-corrected chi connectivity index (χ0v) is 10.8. The molecule has 0 atom stereocenters. The summed E-state index contributed by atoms with van der Waals surface area (Å²) in [7, 11) is 0. The van der Waals surface area contributed by atoms with Crippen LogP contribution in [0.15, 0.2) is 30.3 Å². The highest BCUT2D eigenvalue weighted by molar-refractivity contribution is 6.05. The molecule has 0 aliphatic carbocycles. The third kappa shape index (κ3) is 3.16. The first-order chi connectivity index (χ1) is 9.88. The number of non-ortho nitro benzene ring substituents is 1. The van der Waals surface area contributed by atoms with Crippen LogP contribution in [-0.4, -0.2) is 15.8 Å². The highest BCUT2D eigenvalue weighted by Gasteiger charge is 2.16. The molecule has 2 rings (SSSR count). The molecule has 108 valence electrons. The van der Waals surface area contributed by atoms with E-state index in [-0.39, 0.29) is 16.9 Å². The Morgan fingerprint density at radius 1 is 1.29 bits per heavy atom. The van der Waals surface area contributed by atoms with Gasteiger partial charge >= 0.3 is 0 Å². The molecule has 1 aromatic heterocycles. The lowest BCUT2D eigenvalue weighted by atomic mass is 10.1. The third-order valence-corrected chi connectivity index (χ3v) is 2.74. The highest BCUT2D eigenvalue weighted by Crippen LogP contribution is 2.19. The van der Waals surface area contributed by atoms with E-state index in [0.29, 0.717) is 5.56 Å². The van der Waals surface area contributed by atoms with Crippen molar-refractivity contribution in [3.8, 4) is 0 Å². The van der Waals surface area contributed by atoms with Crippen LogP contribution in [0, 0.1) is 28.9 Å². The molecule has 21 heavy (non-hydrogen) atoms. The molecule has 0 aliphatic heterocycles. The number of carbonyl (C=O) groups is 1. The first kappa shape index (κ1) is 14.5. The number of nitro benzene ring substituents is 1. The minimum atomic E-state index is -1.17. The van der Waals surface area contributed by atoms with Gasteiger partial charge in [0.25, 0.3) is 11.6 Å². The zero-order valence-electron chi connectivity index (χ0n) is 10.8. The normalized spacial score (nSPS) is 10.2. The summed E-state index contributed by atoms with van der Waals surface area (Å²) in [5, 5.41) is 12.9. The van der Waals surface area contributed by atoms with Crippen LogP contribution in [0.3, 0.4) is 0 Å². The Balaban J connectivity index is 2.32. The zero-order chi connectivity index (χ0) is 15.6. The number of hydrogen-bond acceptors (Lipinski definition) is 4. The Hall–Kier alpha value is -2.90. The first-order valence-corrected chi connectivity index (χ1v) is 5.77. The van der Waals surface area contributed by atoms with Crippen LogP contribution in [0.4, 0.5) is 20.2 Å². The molecule has 0 radical (unpaired) electrons. The standard InChI is InChI=1S/C13H9F2N3O3/c1-7-2-3-8(18(20)21)6-9(7)13(19)16-10-4-5-11(14)17-12(10)15/h2-6H,1H3,(H,16,19). The van der Waals surface area contributed by atoms with Gasteiger partial charge in [0.15, 0.2) is 0 Å². The summed E-state index contributed by atoms with van der Waals surface area (Å²) in [6.07, 6.45) is 0. The molecule has 6 nitrogen and oxygen atoms in total. The number of rotatable bonds is 3. The molecule has 1 heterocycles. The fraction of sp³-hybridized carbons (Fsp3) is 0.0769. The van der Waals surface area contributed by atoms with Gasteiger partial charge in [0, 0.05) is 17.7 Å². The maximum atomic E-state index is 13.4. The van der Waals surface area contributed by atoms with Crippen LogP contribution in [0.2, 0.25) is 0 Å². The van der Waals surface area contributed by atoms with Crippen LogP contribution in [0.25, 0.3) is 0 Å². The monoisotopic (exact) mass is 293 g/mol. The number of nitrogens with one attached hydrogen (secondary N) is 1. The van der Waals surface area contributed by atoms with Gasteiger partial charge < -0.3 is 5.32 Å². The lowest BCUT2D eigenvalue weighted by Gasteiger charge is -2.08. The Kier molecular flexibility index (Phi) is 3.88. The molecule has 0 aliphatic rings. The lowest BCUT2D eigenvalue weighted by molar-refractivity contribution is -0.384. The Labute approximate surface area is 117 Å². The Morgan fingerprint density at radius 3 is 2.62 bits per heavy atom. The number of nitrogens with zero attached hydrogens (tertiary/aromatic N) is 2. The number of anilines is 1. The molecule has 8 heteroatoms. The van der Waals surface area contributed by atoms with E-state index in [1.807, 2.05) is 0 Å². The SMILES string of the molecule is Cc1ccc([N+](=O)[O-])cc1C(=O)Nc1ccc(F)nc1F. The smallest absolute Gasteiger partial charge is 0.270 e. The van der Waals surface area contributed by atoms with Crippen molar-refractivity contribution in [3.05, 3.63) is 63.5 Å². The molecule has 0 spiro atoms. The lowest BCUT2D eigenvalue weighted by Crippen LogP contribution is -2.15. The molecule has 2 aromatic rings. The first-order valence-electron chi connectivity index (χ1n) is 5.77. The second-order valence-corrected chi connectivity index (χ2v) is 4.18. The largest absolute Gasteiger partial charge is 0.318 e. The van der Waals surface area contributed by atoms with Gasteiger partial charge in [-0.15, -0.1) is 0 Å². The van der Waals surface area contributed by atoms with E-state index in [1.54, 1.807) is 6.92 Å². The van der Waals surface area contributed by atoms with Gasteiger partial charge in [-0.05, 0) is 24.6 Å². The van der Waals surface area contributed by atoms with Crippen molar-refractivity contribution in [2.24, 2.45) is 0 Å². The molecule has 0 unspecified atom stereocenters. The molecule has 1 N–H and O–H groups in total. The van der Waals surface area contributed by atoms with Crippen LogP contribution in [-0.2, 0) is 0 Å². The van der Waals surface area contributed by atoms with Crippen molar-refractivity contribution >= 4 is 17.3 Å². The average molecular weight is 293 g/mol. The van der Waals surface area contributed by atoms with Gasteiger partial charge in [-0.2, -0.15) is 13.8 Å². The summed E-state index contributed by atoms with van der Waals surface area (Å²) in [6.45, 7) is 1.58. The van der Waals surface area contributed by atoms with Gasteiger partial charge in [-0.3, -0.25) is 14.9 Å². The number of halogens is 2. The van der Waals surface area contributed by atoms with E-state index < -0.39 is 22.7 Å². The van der Waals surface area contributed by atoms with Crippen molar-refractivity contribution in [2.45, 2.75) is 6.92 Å². The summed E-state index contributed by atoms with van der Waals surface area (Å²) in [5.74, 6) is -2.94. The summed E-state index contributed by atoms with van der Waals surface area (Å²) in [6, 6.07) is 5.65. The minimum Gasteiger partial charge on any atom is -0.318 e. The minimum absolute atomic E-state index is 0.0212. The quantitative estimate of drug-likeness (QED) is 0.535. The average Bonchev–Trinajstić information content (AvgIpc) is 2.42. The van der Waals surface area contributed by atoms with Crippen molar-refractivity contribution < 1.29 is 18.5 Å². The second-order valence-electron chi connectivity index (χ2n) is 4.18. The van der Waals surface area contributed by atoms with Gasteiger partial charge in [0.2, 0.25) is 11.9 Å². The number of pyridine rings is 1. The molecule has 0 bridgehead atoms. The number of carbonyl (C=O) groups excluding carboxylic acids is 1. The van der Waals surface area contributed by atoms with Gasteiger partial charge in [-0.25, -0.2) is 0 Å². The molecule has 1 aromatic carbocycles. The van der Waals surface area contributed by atoms with E-state index in [0.717, 1.165) is 18.2 Å². The summed E-state index contributed by atoms with van der Waals surface area (Å²) < 4.78 is 26.0. The maximum Gasteiger partial charge on any atom is 0.270 e. The number of benzene rings is 1. The van der Waals surface area contributed by atoms with Crippen LogP contribution in [0.5, 0.6) is 0 Å². The summed E-state index contributed by atoms with van der Waals surface area (Å²) in [4.78, 5) is 25.0. The second kappa shape index (κ2) is 5.61. The van der Waals surface area contributed by atoms with Crippen molar-refractivity contribution in [1.82, 2.24) is 4.98 Å². The third-order valence-electron chi connectivity index (χ3n) is 2.74. The molecular formula is C13H9F2N3O3. The number of aromatic nitrogens is 1. The van der Waals surface area contributed by atoms with Crippen LogP contribution >= 0.6 is 0 Å². The molecule has 1 amide bonds. The summed E-state index contributed by atoms with van der Waals surface area (Å²) in [5.41, 5.74) is -0.0720. The van der Waals surface area contributed by atoms with E-state index >= 15 is 0 Å². The van der Waals surface area contributed by atoms with E-state index in [2.05, 4.69) is 10.3 Å². The van der Waals surface area contributed by atoms with Crippen molar-refractivity contribution in [1.29, 1.82) is 0 Å². The Morgan fingerprint density at radius 2 is 2.00 bits per heavy atom. The molecule has 0 saturated carbocycles. The van der Waals surface area contributed by atoms with Crippen LogP contribution in [0.1, 0.15) is 15.9 Å². The predicted octanol–water partition coefficient (Wildman–Crippen LogP) is 2.83. The molecule has 0 saturated heterocycles. The Bertz CT molecular complexity index is 735. The van der Waals surface area contributed by atoms with Crippen molar-refractivity contribution in [3.63, 3.8) is 0 Å². The highest BCUT2D eigenvalue weighted by atomic mass is 19.1. The fourth-order valence-corrected chi connectivity index (χ4v) is 1.66. The number of hydrogen-bond donors (Lipinski definition) is 1. The van der Waals surface area contributed by atoms with Gasteiger partial charge in [0.05, 0.1) is 10.6 Å². The number of aryl methyl sites for hydroxylation is 1. The predicted molar refractivity (Wildman–Crippen MR) is 69.9 cm³/mol. The van der Waals surface area contributed by atoms with E-state index in [9.17, 15) is 23.7 Å². The van der Waals surface area contributed by atoms with Crippen LogP contribution < -0.4 is 5.32 Å². The van der Waals surface area contributed by atoms with Gasteiger partial charge in [0.1, 0.15) is 0 Å². The van der Waals surface area contributed by atoms with Crippen molar-refractivity contribution in [2.75, 3.05) is 5.32 Å². The van der Waals surface area contributed by atoms with Gasteiger partial charge in [-0.1, -0.05) is 6.07 Å². The topological polar surface area (TPSA) is 85.1 Å². The maximum absolute atomic E-state index is 13.4. The molecule has 0 fully saturated rings. The van der Waals surface area contributed by atoms with E-state index in [1.165, 1.54) is 12.1 Å². The van der Waals surface area contributed by atoms with E-state index in [4.69, 9.17) is 0 Å². The fourth-order valence-electron chi connectivity index (χ4n) is 1.66. The number of amides is 1.